The maximum atomic E-state index is 12.7. The second-order valence-electron chi connectivity index (χ2n) is 6.89. The van der Waals surface area contributed by atoms with Crippen molar-refractivity contribution in [2.45, 2.75) is 6.92 Å². The summed E-state index contributed by atoms with van der Waals surface area (Å²) in [5, 5.41) is 6.07. The molecule has 1 fully saturated rings. The Morgan fingerprint density at radius 2 is 1.77 bits per heavy atom. The van der Waals surface area contributed by atoms with E-state index in [1.807, 2.05) is 24.3 Å². The number of carbonyl (C=O) groups excluding carboxylic acids is 3. The molecule has 1 N–H and O–H groups in total. The van der Waals surface area contributed by atoms with Crippen LogP contribution in [0.4, 0.5) is 11.7 Å². The molecule has 1 saturated heterocycles. The van der Waals surface area contributed by atoms with Gasteiger partial charge in [0.15, 0.2) is 11.5 Å². The lowest BCUT2D eigenvalue weighted by Crippen LogP contribution is -2.48. The van der Waals surface area contributed by atoms with E-state index in [4.69, 9.17) is 4.42 Å². The quantitative estimate of drug-likeness (QED) is 0.632. The van der Waals surface area contributed by atoms with Crippen LogP contribution in [0.25, 0.3) is 0 Å². The molecule has 1 aromatic carbocycles. The van der Waals surface area contributed by atoms with Gasteiger partial charge in [-0.1, -0.05) is 0 Å². The predicted octanol–water partition coefficient (Wildman–Crippen LogP) is 3.15. The molecule has 3 heterocycles. The van der Waals surface area contributed by atoms with Crippen molar-refractivity contribution in [1.29, 1.82) is 0 Å². The number of rotatable bonds is 5. The summed E-state index contributed by atoms with van der Waals surface area (Å²) in [5.74, 6) is -0.529. The van der Waals surface area contributed by atoms with Crippen LogP contribution >= 0.6 is 11.3 Å². The zero-order chi connectivity index (χ0) is 21.1. The van der Waals surface area contributed by atoms with Crippen LogP contribution in [0.1, 0.15) is 38.1 Å². The first kappa shape index (κ1) is 19.8. The Kier molecular flexibility index (Phi) is 5.62. The van der Waals surface area contributed by atoms with E-state index in [9.17, 15) is 14.4 Å². The molecule has 0 unspecified atom stereocenters. The number of anilines is 2. The maximum absolute atomic E-state index is 12.7. The summed E-state index contributed by atoms with van der Waals surface area (Å²) in [5.41, 5.74) is 2.38. The SMILES string of the molecule is CC(=O)c1ccc(N2CCN(C(=O)c3coc(NC(=O)c4ccsc4)n3)CC2)cc1. The highest BCUT2D eigenvalue weighted by Gasteiger charge is 2.25. The van der Waals surface area contributed by atoms with Crippen LogP contribution in [0.2, 0.25) is 0 Å². The number of thiophene rings is 1. The first-order valence-electron chi connectivity index (χ1n) is 9.45. The van der Waals surface area contributed by atoms with E-state index in [0.717, 1.165) is 5.69 Å². The van der Waals surface area contributed by atoms with Crippen LogP contribution in [-0.2, 0) is 0 Å². The van der Waals surface area contributed by atoms with E-state index in [0.29, 0.717) is 37.3 Å². The fraction of sp³-hybridized carbons (Fsp3) is 0.238. The summed E-state index contributed by atoms with van der Waals surface area (Å²) >= 11 is 1.42. The molecule has 0 spiro atoms. The molecule has 1 aliphatic heterocycles. The first-order chi connectivity index (χ1) is 14.5. The molecule has 3 aromatic rings. The van der Waals surface area contributed by atoms with Crippen LogP contribution in [-0.4, -0.2) is 53.7 Å². The standard InChI is InChI=1S/C21H20N4O4S/c1-14(26)15-2-4-17(5-3-15)24-7-9-25(10-8-24)20(28)18-12-29-21(22-18)23-19(27)16-6-11-30-13-16/h2-6,11-13H,7-10H2,1H3,(H,22,23,27). The van der Waals surface area contributed by atoms with E-state index < -0.39 is 0 Å². The lowest BCUT2D eigenvalue weighted by molar-refractivity contribution is 0.0740. The number of Topliss-reactive ketones (excluding diaryl/α,β-unsaturated/α-hetero) is 1. The summed E-state index contributed by atoms with van der Waals surface area (Å²) in [6.07, 6.45) is 1.26. The number of piperazine rings is 1. The van der Waals surface area contributed by atoms with E-state index in [-0.39, 0.29) is 29.3 Å². The minimum absolute atomic E-state index is 0.00116. The van der Waals surface area contributed by atoms with Gasteiger partial charge < -0.3 is 14.2 Å². The third-order valence-electron chi connectivity index (χ3n) is 4.93. The summed E-state index contributed by atoms with van der Waals surface area (Å²) in [6, 6.07) is 9.18. The number of amides is 2. The molecular weight excluding hydrogens is 404 g/mol. The molecule has 2 aromatic heterocycles. The Balaban J connectivity index is 1.33. The Morgan fingerprint density at radius 3 is 2.40 bits per heavy atom. The molecular formula is C21H20N4O4S. The van der Waals surface area contributed by atoms with E-state index in [1.54, 1.807) is 28.7 Å². The topological polar surface area (TPSA) is 95.8 Å². The van der Waals surface area contributed by atoms with Gasteiger partial charge in [-0.25, -0.2) is 0 Å². The zero-order valence-corrected chi connectivity index (χ0v) is 17.1. The van der Waals surface area contributed by atoms with Crippen LogP contribution in [0.15, 0.2) is 51.8 Å². The lowest BCUT2D eigenvalue weighted by Gasteiger charge is -2.35. The number of carbonyl (C=O) groups is 3. The highest BCUT2D eigenvalue weighted by atomic mass is 32.1. The van der Waals surface area contributed by atoms with Crippen molar-refractivity contribution in [3.8, 4) is 0 Å². The lowest BCUT2D eigenvalue weighted by atomic mass is 10.1. The average Bonchev–Trinajstić information content (AvgIpc) is 3.46. The van der Waals surface area contributed by atoms with Gasteiger partial charge in [-0.05, 0) is 42.6 Å². The fourth-order valence-corrected chi connectivity index (χ4v) is 3.86. The van der Waals surface area contributed by atoms with Crippen molar-refractivity contribution in [3.63, 3.8) is 0 Å². The third kappa shape index (κ3) is 4.25. The molecule has 9 heteroatoms. The number of ketones is 1. The zero-order valence-electron chi connectivity index (χ0n) is 16.3. The predicted molar refractivity (Wildman–Crippen MR) is 113 cm³/mol. The molecule has 8 nitrogen and oxygen atoms in total. The van der Waals surface area contributed by atoms with Crippen molar-refractivity contribution >= 4 is 40.6 Å². The Morgan fingerprint density at radius 1 is 1.03 bits per heavy atom. The highest BCUT2D eigenvalue weighted by molar-refractivity contribution is 7.08. The number of nitrogens with zero attached hydrogens (tertiary/aromatic N) is 3. The van der Waals surface area contributed by atoms with Gasteiger partial charge in [0.25, 0.3) is 11.8 Å². The third-order valence-corrected chi connectivity index (χ3v) is 5.62. The van der Waals surface area contributed by atoms with Crippen molar-refractivity contribution in [2.24, 2.45) is 0 Å². The van der Waals surface area contributed by atoms with Crippen LogP contribution in [0.3, 0.4) is 0 Å². The van der Waals surface area contributed by atoms with Gasteiger partial charge in [0.2, 0.25) is 0 Å². The van der Waals surface area contributed by atoms with Gasteiger partial charge in [0.05, 0.1) is 5.56 Å². The fourth-order valence-electron chi connectivity index (χ4n) is 3.23. The van der Waals surface area contributed by atoms with Gasteiger partial charge in [0, 0.05) is 42.8 Å². The van der Waals surface area contributed by atoms with Gasteiger partial charge >= 0.3 is 6.01 Å². The molecule has 0 bridgehead atoms. The number of oxazole rings is 1. The molecule has 154 valence electrons. The van der Waals surface area contributed by atoms with Gasteiger partial charge in [-0.15, -0.1) is 0 Å². The molecule has 0 aliphatic carbocycles. The van der Waals surface area contributed by atoms with Crippen molar-refractivity contribution < 1.29 is 18.8 Å². The number of hydrogen-bond acceptors (Lipinski definition) is 7. The summed E-state index contributed by atoms with van der Waals surface area (Å²) in [6.45, 7) is 3.96. The summed E-state index contributed by atoms with van der Waals surface area (Å²) in [7, 11) is 0. The van der Waals surface area contributed by atoms with E-state index in [1.165, 1.54) is 17.6 Å². The first-order valence-corrected chi connectivity index (χ1v) is 10.4. The van der Waals surface area contributed by atoms with Crippen molar-refractivity contribution in [1.82, 2.24) is 9.88 Å². The van der Waals surface area contributed by atoms with Crippen LogP contribution in [0, 0.1) is 0 Å². The second-order valence-corrected chi connectivity index (χ2v) is 7.67. The maximum Gasteiger partial charge on any atom is 0.302 e. The minimum atomic E-state index is -0.332. The van der Waals surface area contributed by atoms with Gasteiger partial charge in [-0.2, -0.15) is 16.3 Å². The van der Waals surface area contributed by atoms with Crippen LogP contribution in [0.5, 0.6) is 0 Å². The van der Waals surface area contributed by atoms with Gasteiger partial charge in [-0.3, -0.25) is 19.7 Å². The smallest absolute Gasteiger partial charge is 0.302 e. The number of nitrogens with one attached hydrogen (secondary N) is 1. The number of benzene rings is 1. The second kappa shape index (κ2) is 8.50. The minimum Gasteiger partial charge on any atom is -0.431 e. The molecule has 30 heavy (non-hydrogen) atoms. The van der Waals surface area contributed by atoms with E-state index >= 15 is 0 Å². The molecule has 0 saturated carbocycles. The van der Waals surface area contributed by atoms with Gasteiger partial charge in [0.1, 0.15) is 6.26 Å². The molecule has 1 aliphatic rings. The normalized spacial score (nSPS) is 13.9. The number of hydrogen-bond donors (Lipinski definition) is 1. The Labute approximate surface area is 177 Å². The Bertz CT molecular complexity index is 1050. The Hall–Kier alpha value is -3.46. The largest absolute Gasteiger partial charge is 0.431 e. The molecule has 0 radical (unpaired) electrons. The summed E-state index contributed by atoms with van der Waals surface area (Å²) < 4.78 is 5.24. The van der Waals surface area contributed by atoms with E-state index in [2.05, 4.69) is 15.2 Å². The molecule has 2 amide bonds. The van der Waals surface area contributed by atoms with Crippen LogP contribution < -0.4 is 10.2 Å². The van der Waals surface area contributed by atoms with Crippen molar-refractivity contribution in [3.05, 3.63) is 64.2 Å². The number of aromatic nitrogens is 1. The highest BCUT2D eigenvalue weighted by Crippen LogP contribution is 2.19. The van der Waals surface area contributed by atoms with Crippen molar-refractivity contribution in [2.75, 3.05) is 36.4 Å². The molecule has 4 rings (SSSR count). The molecule has 0 atom stereocenters. The monoisotopic (exact) mass is 424 g/mol. The summed E-state index contributed by atoms with van der Waals surface area (Å²) in [4.78, 5) is 44.2. The average molecular weight is 424 g/mol.